The highest BCUT2D eigenvalue weighted by atomic mass is 32.2. The molecule has 5 heteroatoms. The second-order valence-electron chi connectivity index (χ2n) is 10.8. The Hall–Kier alpha value is -2.40. The van der Waals surface area contributed by atoms with Crippen molar-refractivity contribution in [2.75, 3.05) is 12.9 Å². The molecule has 0 atom stereocenters. The fraction of sp³-hybridized carbons (Fsp3) is 0.516. The van der Waals surface area contributed by atoms with E-state index >= 15 is 0 Å². The largest absolute Gasteiger partial charge is 0.465 e. The molecule has 1 aliphatic heterocycles. The number of hydrogen-bond donors (Lipinski definition) is 0. The molecule has 0 aromatic heterocycles. The Balaban J connectivity index is 2.02. The van der Waals surface area contributed by atoms with E-state index < -0.39 is 9.84 Å². The smallest absolute Gasteiger partial charge is 0.337 e. The highest BCUT2D eigenvalue weighted by Crippen LogP contribution is 2.40. The maximum atomic E-state index is 13.2. The van der Waals surface area contributed by atoms with Gasteiger partial charge in [-0.2, -0.15) is 0 Å². The van der Waals surface area contributed by atoms with Crippen molar-refractivity contribution >= 4 is 27.5 Å². The zero-order valence-corrected chi connectivity index (χ0v) is 23.5. The van der Waals surface area contributed by atoms with Gasteiger partial charge in [-0.1, -0.05) is 71.1 Å². The van der Waals surface area contributed by atoms with Crippen LogP contribution in [0.25, 0.3) is 11.6 Å². The summed E-state index contributed by atoms with van der Waals surface area (Å²) in [7, 11) is -1.91. The van der Waals surface area contributed by atoms with E-state index in [9.17, 15) is 13.2 Å². The van der Waals surface area contributed by atoms with Crippen LogP contribution in [0.2, 0.25) is 0 Å². The van der Waals surface area contributed by atoms with Gasteiger partial charge in [0.2, 0.25) is 0 Å². The maximum absolute atomic E-state index is 13.2. The third-order valence-electron chi connectivity index (χ3n) is 7.42. The summed E-state index contributed by atoms with van der Waals surface area (Å²) in [6.07, 6.45) is 11.7. The molecule has 0 bridgehead atoms. The lowest BCUT2D eigenvalue weighted by Gasteiger charge is -2.27. The van der Waals surface area contributed by atoms with Crippen molar-refractivity contribution in [1.82, 2.24) is 0 Å². The van der Waals surface area contributed by atoms with Gasteiger partial charge in [0, 0.05) is 0 Å². The Bertz CT molecular complexity index is 1190. The first kappa shape index (κ1) is 28.2. The Morgan fingerprint density at radius 1 is 1.03 bits per heavy atom. The van der Waals surface area contributed by atoms with Crippen LogP contribution in [0.1, 0.15) is 112 Å². The van der Waals surface area contributed by atoms with E-state index in [0.717, 1.165) is 53.5 Å². The van der Waals surface area contributed by atoms with E-state index in [1.165, 1.54) is 32.8 Å². The molecule has 3 rings (SSSR count). The van der Waals surface area contributed by atoms with Crippen LogP contribution in [0.3, 0.4) is 0 Å². The molecule has 4 nitrogen and oxygen atoms in total. The number of methoxy groups -OCH3 is 1. The topological polar surface area (TPSA) is 60.4 Å². The number of sulfone groups is 1. The lowest BCUT2D eigenvalue weighted by atomic mass is 9.78. The molecule has 0 saturated heterocycles. The number of fused-ring (bicyclic) bond motifs is 1. The first-order valence-corrected chi connectivity index (χ1v) is 15.0. The Kier molecular flexibility index (Phi) is 9.57. The summed E-state index contributed by atoms with van der Waals surface area (Å²) in [5.74, 6) is -0.127. The molecule has 0 amide bonds. The summed E-state index contributed by atoms with van der Waals surface area (Å²) in [4.78, 5) is 12.3. The van der Waals surface area contributed by atoms with Crippen molar-refractivity contribution < 1.29 is 17.9 Å². The number of carbonyl (C=O) groups is 1. The minimum absolute atomic E-state index is 0.200. The predicted octanol–water partition coefficient (Wildman–Crippen LogP) is 7.78. The summed E-state index contributed by atoms with van der Waals surface area (Å²) >= 11 is 0. The fourth-order valence-corrected chi connectivity index (χ4v) is 6.92. The normalized spacial score (nSPS) is 16.8. The lowest BCUT2D eigenvalue weighted by Crippen LogP contribution is -2.19. The number of rotatable bonds is 10. The van der Waals surface area contributed by atoms with E-state index in [4.69, 9.17) is 4.74 Å². The Morgan fingerprint density at radius 3 is 2.36 bits per heavy atom. The van der Waals surface area contributed by atoms with E-state index in [2.05, 4.69) is 39.8 Å². The standard InChI is InChI=1S/C31H42O4S/c1-6-7-8-9-10-11-13-26-21-29-28(31(3,4)18-12-19-36(29,33)34)22-27(26)23(2)20-24-14-16-25(17-15-24)30(32)35-5/h14-17,20-22H,6-13,18-19H2,1-5H3. The van der Waals surface area contributed by atoms with Gasteiger partial charge < -0.3 is 4.74 Å². The van der Waals surface area contributed by atoms with E-state index in [0.29, 0.717) is 16.9 Å². The molecule has 1 aliphatic rings. The molecule has 0 unspecified atom stereocenters. The van der Waals surface area contributed by atoms with Crippen molar-refractivity contribution in [2.45, 2.75) is 95.8 Å². The van der Waals surface area contributed by atoms with Crippen molar-refractivity contribution in [1.29, 1.82) is 0 Å². The van der Waals surface area contributed by atoms with Gasteiger partial charge in [-0.15, -0.1) is 0 Å². The third kappa shape index (κ3) is 6.88. The van der Waals surface area contributed by atoms with Crippen LogP contribution in [0.4, 0.5) is 0 Å². The quantitative estimate of drug-likeness (QED) is 0.186. The molecule has 2 aromatic rings. The highest BCUT2D eigenvalue weighted by molar-refractivity contribution is 7.91. The van der Waals surface area contributed by atoms with E-state index in [1.54, 1.807) is 12.1 Å². The number of ether oxygens (including phenoxy) is 1. The molecule has 36 heavy (non-hydrogen) atoms. The number of benzene rings is 2. The predicted molar refractivity (Wildman–Crippen MR) is 149 cm³/mol. The second kappa shape index (κ2) is 12.2. The van der Waals surface area contributed by atoms with Gasteiger partial charge in [0.25, 0.3) is 0 Å². The van der Waals surface area contributed by atoms with Gasteiger partial charge >= 0.3 is 5.97 Å². The summed E-state index contributed by atoms with van der Waals surface area (Å²) in [5.41, 5.74) is 5.60. The van der Waals surface area contributed by atoms with Crippen molar-refractivity contribution in [3.8, 4) is 0 Å². The van der Waals surface area contributed by atoms with E-state index in [-0.39, 0.29) is 17.1 Å². The van der Waals surface area contributed by atoms with Gasteiger partial charge in [0.15, 0.2) is 9.84 Å². The van der Waals surface area contributed by atoms with Crippen LogP contribution >= 0.6 is 0 Å². The molecular formula is C31H42O4S. The highest BCUT2D eigenvalue weighted by Gasteiger charge is 2.33. The van der Waals surface area contributed by atoms with Crippen LogP contribution in [0.15, 0.2) is 41.3 Å². The van der Waals surface area contributed by atoms with Crippen molar-refractivity contribution in [2.24, 2.45) is 0 Å². The summed E-state index contributed by atoms with van der Waals surface area (Å²) in [6, 6.07) is 11.5. The molecular weight excluding hydrogens is 468 g/mol. The second-order valence-corrected chi connectivity index (χ2v) is 12.8. The van der Waals surface area contributed by atoms with Crippen molar-refractivity contribution in [3.63, 3.8) is 0 Å². The average molecular weight is 511 g/mol. The number of hydrogen-bond acceptors (Lipinski definition) is 4. The zero-order chi connectivity index (χ0) is 26.3. The summed E-state index contributed by atoms with van der Waals surface area (Å²) in [5, 5.41) is 0. The molecule has 0 spiro atoms. The van der Waals surface area contributed by atoms with Crippen molar-refractivity contribution in [3.05, 3.63) is 64.2 Å². The number of allylic oxidation sites excluding steroid dienone is 1. The van der Waals surface area contributed by atoms with Crippen LogP contribution in [0.5, 0.6) is 0 Å². The molecule has 0 aliphatic carbocycles. The van der Waals surface area contributed by atoms with Crippen LogP contribution in [0, 0.1) is 0 Å². The maximum Gasteiger partial charge on any atom is 0.337 e. The van der Waals surface area contributed by atoms with Gasteiger partial charge in [-0.3, -0.25) is 0 Å². The minimum atomic E-state index is -3.29. The summed E-state index contributed by atoms with van der Waals surface area (Å²) in [6.45, 7) is 8.64. The number of aryl methyl sites for hydroxylation is 1. The first-order chi connectivity index (χ1) is 17.1. The zero-order valence-electron chi connectivity index (χ0n) is 22.7. The third-order valence-corrected chi connectivity index (χ3v) is 9.26. The van der Waals surface area contributed by atoms with Gasteiger partial charge in [0.1, 0.15) is 0 Å². The van der Waals surface area contributed by atoms with Crippen LogP contribution in [-0.4, -0.2) is 27.2 Å². The van der Waals surface area contributed by atoms with Gasteiger partial charge in [0.05, 0.1) is 23.3 Å². The molecule has 0 saturated carbocycles. The molecule has 0 radical (unpaired) electrons. The lowest BCUT2D eigenvalue weighted by molar-refractivity contribution is 0.0600. The number of carbonyl (C=O) groups excluding carboxylic acids is 1. The molecule has 0 fully saturated rings. The Labute approximate surface area is 218 Å². The van der Waals surface area contributed by atoms with Gasteiger partial charge in [-0.25, -0.2) is 13.2 Å². The Morgan fingerprint density at radius 2 is 1.69 bits per heavy atom. The monoisotopic (exact) mass is 510 g/mol. The fourth-order valence-electron chi connectivity index (χ4n) is 5.19. The molecule has 196 valence electrons. The van der Waals surface area contributed by atoms with Crippen LogP contribution in [-0.2, 0) is 26.4 Å². The molecule has 0 N–H and O–H groups in total. The minimum Gasteiger partial charge on any atom is -0.465 e. The SMILES string of the molecule is CCCCCCCCc1cc2c(cc1C(C)=Cc1ccc(C(=O)OC)cc1)C(C)(C)CCCS2(=O)=O. The van der Waals surface area contributed by atoms with Crippen LogP contribution < -0.4 is 0 Å². The van der Waals surface area contributed by atoms with Gasteiger partial charge in [-0.05, 0) is 90.1 Å². The molecule has 2 aromatic carbocycles. The molecule has 1 heterocycles. The average Bonchev–Trinajstić information content (AvgIpc) is 2.93. The number of esters is 1. The first-order valence-electron chi connectivity index (χ1n) is 13.4. The van der Waals surface area contributed by atoms with E-state index in [1.807, 2.05) is 18.2 Å². The summed E-state index contributed by atoms with van der Waals surface area (Å²) < 4.78 is 31.2. The number of unbranched alkanes of at least 4 members (excludes halogenated alkanes) is 5.